The van der Waals surface area contributed by atoms with Gasteiger partial charge >= 0.3 is 0 Å². The topological polar surface area (TPSA) is 64.9 Å². The Morgan fingerprint density at radius 1 is 1.38 bits per heavy atom. The second-order valence-electron chi connectivity index (χ2n) is 3.73. The molecule has 16 heavy (non-hydrogen) atoms. The van der Waals surface area contributed by atoms with Crippen molar-refractivity contribution in [2.45, 2.75) is 26.8 Å². The molecule has 84 valence electrons. The van der Waals surface area contributed by atoms with Crippen molar-refractivity contribution in [1.29, 1.82) is 0 Å². The minimum Gasteiger partial charge on any atom is -0.338 e. The third kappa shape index (κ3) is 1.97. The average molecular weight is 217 g/mol. The van der Waals surface area contributed by atoms with Crippen LogP contribution >= 0.6 is 0 Å². The van der Waals surface area contributed by atoms with E-state index in [1.807, 2.05) is 6.92 Å². The van der Waals surface area contributed by atoms with Crippen LogP contribution in [0.3, 0.4) is 0 Å². The fourth-order valence-electron chi connectivity index (χ4n) is 1.65. The van der Waals surface area contributed by atoms with E-state index in [4.69, 9.17) is 10.3 Å². The van der Waals surface area contributed by atoms with Crippen LogP contribution in [0.2, 0.25) is 0 Å². The third-order valence-electron chi connectivity index (χ3n) is 2.53. The number of aromatic nitrogens is 2. The van der Waals surface area contributed by atoms with Gasteiger partial charge in [0.25, 0.3) is 0 Å². The number of hydrogen-bond donors (Lipinski definition) is 1. The van der Waals surface area contributed by atoms with Crippen molar-refractivity contribution in [1.82, 2.24) is 10.1 Å². The Balaban J connectivity index is 2.49. The van der Waals surface area contributed by atoms with Gasteiger partial charge in [0.05, 0.1) is 6.54 Å². The number of nitrogens with zero attached hydrogens (tertiary/aromatic N) is 2. The lowest BCUT2D eigenvalue weighted by Crippen LogP contribution is -1.96. The zero-order chi connectivity index (χ0) is 11.5. The van der Waals surface area contributed by atoms with E-state index in [0.29, 0.717) is 11.7 Å². The van der Waals surface area contributed by atoms with Crippen LogP contribution in [0.5, 0.6) is 0 Å². The number of hydrogen-bond acceptors (Lipinski definition) is 4. The number of aryl methyl sites for hydroxylation is 2. The first kappa shape index (κ1) is 10.8. The van der Waals surface area contributed by atoms with Gasteiger partial charge in [-0.15, -0.1) is 0 Å². The maximum absolute atomic E-state index is 5.45. The van der Waals surface area contributed by atoms with Gasteiger partial charge in [0.1, 0.15) is 0 Å². The highest BCUT2D eigenvalue weighted by molar-refractivity contribution is 5.60. The van der Waals surface area contributed by atoms with Crippen LogP contribution in [0, 0.1) is 6.92 Å². The summed E-state index contributed by atoms with van der Waals surface area (Å²) in [5.41, 5.74) is 8.88. The van der Waals surface area contributed by atoms with Crippen molar-refractivity contribution in [2.24, 2.45) is 5.73 Å². The molecule has 0 unspecified atom stereocenters. The van der Waals surface area contributed by atoms with Gasteiger partial charge in [0.2, 0.25) is 11.7 Å². The fraction of sp³-hybridized carbons (Fsp3) is 0.333. The van der Waals surface area contributed by atoms with Crippen LogP contribution in [0.1, 0.15) is 23.9 Å². The number of rotatable bonds is 3. The molecule has 2 aromatic rings. The van der Waals surface area contributed by atoms with E-state index >= 15 is 0 Å². The van der Waals surface area contributed by atoms with Crippen molar-refractivity contribution >= 4 is 0 Å². The first-order valence-corrected chi connectivity index (χ1v) is 5.37. The van der Waals surface area contributed by atoms with Crippen LogP contribution in [-0.2, 0) is 13.0 Å². The number of benzene rings is 1. The van der Waals surface area contributed by atoms with Crippen LogP contribution in [0.15, 0.2) is 22.7 Å². The van der Waals surface area contributed by atoms with E-state index in [-0.39, 0.29) is 6.54 Å². The summed E-state index contributed by atoms with van der Waals surface area (Å²) in [5, 5.41) is 3.94. The molecule has 4 nitrogen and oxygen atoms in total. The molecule has 0 atom stereocenters. The summed E-state index contributed by atoms with van der Waals surface area (Å²) in [4.78, 5) is 4.25. The molecule has 0 aliphatic carbocycles. The smallest absolute Gasteiger partial charge is 0.240 e. The molecule has 1 heterocycles. The maximum atomic E-state index is 5.45. The largest absolute Gasteiger partial charge is 0.338 e. The summed E-state index contributed by atoms with van der Waals surface area (Å²) in [6, 6.07) is 6.26. The molecule has 0 saturated carbocycles. The Morgan fingerprint density at radius 3 is 2.81 bits per heavy atom. The lowest BCUT2D eigenvalue weighted by atomic mass is 10.0. The number of nitrogens with two attached hydrogens (primary N) is 1. The van der Waals surface area contributed by atoms with Crippen LogP contribution < -0.4 is 5.73 Å². The predicted molar refractivity (Wildman–Crippen MR) is 61.7 cm³/mol. The van der Waals surface area contributed by atoms with E-state index in [9.17, 15) is 0 Å². The third-order valence-corrected chi connectivity index (χ3v) is 2.53. The highest BCUT2D eigenvalue weighted by Gasteiger charge is 2.11. The van der Waals surface area contributed by atoms with Crippen LogP contribution in [0.25, 0.3) is 11.4 Å². The summed E-state index contributed by atoms with van der Waals surface area (Å²) in [6.07, 6.45) is 0.947. The van der Waals surface area contributed by atoms with E-state index < -0.39 is 0 Å². The van der Waals surface area contributed by atoms with Gasteiger partial charge in [-0.05, 0) is 25.0 Å². The first-order valence-electron chi connectivity index (χ1n) is 5.37. The second-order valence-corrected chi connectivity index (χ2v) is 3.73. The van der Waals surface area contributed by atoms with Gasteiger partial charge < -0.3 is 10.3 Å². The molecule has 0 spiro atoms. The molecule has 0 saturated heterocycles. The molecule has 2 rings (SSSR count). The molecule has 0 aliphatic heterocycles. The average Bonchev–Trinajstić information content (AvgIpc) is 2.77. The van der Waals surface area contributed by atoms with Crippen molar-refractivity contribution in [3.8, 4) is 11.4 Å². The predicted octanol–water partition coefficient (Wildman–Crippen LogP) is 2.07. The van der Waals surface area contributed by atoms with E-state index in [1.54, 1.807) is 0 Å². The summed E-state index contributed by atoms with van der Waals surface area (Å²) < 4.78 is 5.02. The minimum absolute atomic E-state index is 0.278. The molecule has 4 heteroatoms. The second kappa shape index (κ2) is 4.45. The van der Waals surface area contributed by atoms with Gasteiger partial charge in [-0.1, -0.05) is 29.8 Å². The van der Waals surface area contributed by atoms with E-state index in [1.165, 1.54) is 11.1 Å². The van der Waals surface area contributed by atoms with Gasteiger partial charge in [-0.2, -0.15) is 4.98 Å². The molecule has 0 aliphatic rings. The van der Waals surface area contributed by atoms with Crippen molar-refractivity contribution in [2.75, 3.05) is 0 Å². The molecule has 0 radical (unpaired) electrons. The molecule has 1 aromatic heterocycles. The van der Waals surface area contributed by atoms with Crippen LogP contribution in [-0.4, -0.2) is 10.1 Å². The zero-order valence-electron chi connectivity index (χ0n) is 9.53. The lowest BCUT2D eigenvalue weighted by molar-refractivity contribution is 0.380. The first-order chi connectivity index (χ1) is 7.74. The summed E-state index contributed by atoms with van der Waals surface area (Å²) >= 11 is 0. The van der Waals surface area contributed by atoms with Crippen LogP contribution in [0.4, 0.5) is 0 Å². The highest BCUT2D eigenvalue weighted by atomic mass is 16.5. The fourth-order valence-corrected chi connectivity index (χ4v) is 1.65. The molecule has 2 N–H and O–H groups in total. The quantitative estimate of drug-likeness (QED) is 0.854. The molecule has 0 amide bonds. The molecular formula is C12H15N3O. The maximum Gasteiger partial charge on any atom is 0.240 e. The Kier molecular flexibility index (Phi) is 3.01. The molecule has 0 fully saturated rings. The highest BCUT2D eigenvalue weighted by Crippen LogP contribution is 2.22. The standard InChI is InChI=1S/C12H15N3O/c1-3-9-5-4-8(2)6-10(9)12-14-11(7-13)16-15-12/h4-6H,3,7,13H2,1-2H3. The van der Waals surface area contributed by atoms with E-state index in [0.717, 1.165) is 12.0 Å². The van der Waals surface area contributed by atoms with Crippen molar-refractivity contribution < 1.29 is 4.52 Å². The minimum atomic E-state index is 0.278. The van der Waals surface area contributed by atoms with Gasteiger partial charge in [-0.3, -0.25) is 0 Å². The Bertz CT molecular complexity index is 491. The zero-order valence-corrected chi connectivity index (χ0v) is 9.53. The summed E-state index contributed by atoms with van der Waals surface area (Å²) in [7, 11) is 0. The van der Waals surface area contributed by atoms with Gasteiger partial charge in [0, 0.05) is 5.56 Å². The Hall–Kier alpha value is -1.68. The summed E-state index contributed by atoms with van der Waals surface area (Å²) in [5.74, 6) is 1.10. The van der Waals surface area contributed by atoms with Crippen molar-refractivity contribution in [3.05, 3.63) is 35.2 Å². The van der Waals surface area contributed by atoms with Gasteiger partial charge in [-0.25, -0.2) is 0 Å². The normalized spacial score (nSPS) is 10.7. The molecule has 0 bridgehead atoms. The summed E-state index contributed by atoms with van der Waals surface area (Å²) in [6.45, 7) is 4.44. The SMILES string of the molecule is CCc1ccc(C)cc1-c1noc(CN)n1. The Morgan fingerprint density at radius 2 is 2.19 bits per heavy atom. The molecule has 1 aromatic carbocycles. The van der Waals surface area contributed by atoms with Gasteiger partial charge in [0.15, 0.2) is 0 Å². The molecular weight excluding hydrogens is 202 g/mol. The lowest BCUT2D eigenvalue weighted by Gasteiger charge is -2.04. The monoisotopic (exact) mass is 217 g/mol. The Labute approximate surface area is 94.5 Å². The van der Waals surface area contributed by atoms with Crippen molar-refractivity contribution in [3.63, 3.8) is 0 Å². The van der Waals surface area contributed by atoms with E-state index in [2.05, 4.69) is 35.3 Å².